The van der Waals surface area contributed by atoms with Gasteiger partial charge in [-0.15, -0.1) is 0 Å². The predicted octanol–water partition coefficient (Wildman–Crippen LogP) is 8.28. The Morgan fingerprint density at radius 3 is 2.19 bits per heavy atom. The van der Waals surface area contributed by atoms with Gasteiger partial charge < -0.3 is 20.8 Å². The molecular formula is C44H48Cl2N4O4. The molecule has 5 atom stereocenters. The van der Waals surface area contributed by atoms with Crippen molar-refractivity contribution in [2.24, 2.45) is 5.41 Å². The van der Waals surface area contributed by atoms with E-state index >= 15 is 9.59 Å². The number of aliphatic hydroxyl groups is 2. The molecule has 10 heteroatoms. The van der Waals surface area contributed by atoms with Crippen molar-refractivity contribution in [1.29, 1.82) is 0 Å². The van der Waals surface area contributed by atoms with Crippen LogP contribution in [0.2, 0.25) is 10.2 Å². The summed E-state index contributed by atoms with van der Waals surface area (Å²) in [7, 11) is 0. The number of hydrogen-bond donors (Lipinski definition) is 4. The first-order chi connectivity index (χ1) is 25.9. The molecule has 0 bridgehead atoms. The number of halogens is 2. The summed E-state index contributed by atoms with van der Waals surface area (Å²) in [6, 6.07) is 26.9. The topological polar surface area (TPSA) is 115 Å². The number of carbonyl (C=O) groups excluding carboxylic acids is 2. The minimum absolute atomic E-state index is 0.0188. The van der Waals surface area contributed by atoms with Gasteiger partial charge in [-0.1, -0.05) is 104 Å². The molecule has 8 nitrogen and oxygen atoms in total. The third kappa shape index (κ3) is 6.15. The summed E-state index contributed by atoms with van der Waals surface area (Å²) in [5.74, 6) is -1.16. The van der Waals surface area contributed by atoms with Gasteiger partial charge in [0.1, 0.15) is 10.6 Å². The fraction of sp³-hybridized carbons (Fsp3) is 0.432. The van der Waals surface area contributed by atoms with Crippen LogP contribution in [-0.2, 0) is 15.0 Å². The number of anilines is 1. The van der Waals surface area contributed by atoms with Crippen LogP contribution in [0.25, 0.3) is 0 Å². The van der Waals surface area contributed by atoms with E-state index in [0.29, 0.717) is 54.8 Å². The highest BCUT2D eigenvalue weighted by atomic mass is 35.5. The standard InChI is InChI=1S/C44H48Cl2N4O4/c1-42(2)20-22-43(23-21-42)44(33-18-13-30(45)26-34(33)49-41(44)54)36(29-19-24-47-35(46)25-29)38(40(53)48-31-14-16-32(51)17-15-31)50(43)37(27-9-5-3-6-10-27)39(52)28-11-7-4-8-12-28/h3-13,18-19,24-26,31-32,36-39,51-52H,14-17,20-23H2,1-2H3,(H,48,53)(H,49,54)/t31-,32-,36-,37+,38+,39-,44?/m0/s1. The molecule has 4 aliphatic rings. The smallest absolute Gasteiger partial charge is 0.238 e. The van der Waals surface area contributed by atoms with Crippen LogP contribution in [-0.4, -0.2) is 55.6 Å². The molecule has 1 saturated heterocycles. The van der Waals surface area contributed by atoms with Crippen molar-refractivity contribution in [2.75, 3.05) is 5.32 Å². The Bertz CT molecular complexity index is 2010. The molecule has 1 aromatic heterocycles. The summed E-state index contributed by atoms with van der Waals surface area (Å²) in [5.41, 5.74) is 1.41. The Labute approximate surface area is 327 Å². The average molecular weight is 768 g/mol. The average Bonchev–Trinajstić information content (AvgIpc) is 3.59. The number of amides is 2. The van der Waals surface area contributed by atoms with Crippen LogP contribution >= 0.6 is 23.2 Å². The van der Waals surface area contributed by atoms with Crippen molar-refractivity contribution < 1.29 is 19.8 Å². The molecule has 8 rings (SSSR count). The molecule has 3 aromatic carbocycles. The monoisotopic (exact) mass is 766 g/mol. The van der Waals surface area contributed by atoms with Gasteiger partial charge in [-0.25, -0.2) is 4.98 Å². The molecule has 0 radical (unpaired) electrons. The number of aliphatic hydroxyl groups excluding tert-OH is 2. The fourth-order valence-electron chi connectivity index (χ4n) is 10.5. The zero-order chi connectivity index (χ0) is 37.8. The van der Waals surface area contributed by atoms with Crippen molar-refractivity contribution in [3.05, 3.63) is 130 Å². The van der Waals surface area contributed by atoms with E-state index in [2.05, 4.69) is 34.4 Å². The molecule has 2 aliphatic heterocycles. The molecule has 4 aromatic rings. The van der Waals surface area contributed by atoms with Gasteiger partial charge in [-0.2, -0.15) is 0 Å². The molecule has 1 unspecified atom stereocenters. The molecule has 4 N–H and O–H groups in total. The lowest BCUT2D eigenvalue weighted by molar-refractivity contribution is -0.137. The van der Waals surface area contributed by atoms with Gasteiger partial charge in [-0.05, 0) is 103 Å². The first kappa shape index (κ1) is 37.1. The minimum Gasteiger partial charge on any atom is -0.393 e. The number of nitrogens with one attached hydrogen (secondary N) is 2. The lowest BCUT2D eigenvalue weighted by Crippen LogP contribution is -2.64. The third-order valence-corrected chi connectivity index (χ3v) is 13.5. The largest absolute Gasteiger partial charge is 0.393 e. The van der Waals surface area contributed by atoms with Crippen molar-refractivity contribution in [3.63, 3.8) is 0 Å². The number of rotatable bonds is 7. The second kappa shape index (κ2) is 14.4. The van der Waals surface area contributed by atoms with Crippen LogP contribution in [0, 0.1) is 5.41 Å². The number of benzene rings is 3. The molecule has 2 spiro atoms. The summed E-state index contributed by atoms with van der Waals surface area (Å²) in [5, 5.41) is 30.7. The first-order valence-electron chi connectivity index (χ1n) is 19.2. The van der Waals surface area contributed by atoms with Crippen molar-refractivity contribution in [1.82, 2.24) is 15.2 Å². The highest BCUT2D eigenvalue weighted by Gasteiger charge is 2.77. The number of fused-ring (bicyclic) bond motifs is 3. The Hall–Kier alpha value is -3.79. The van der Waals surface area contributed by atoms with Crippen molar-refractivity contribution >= 4 is 40.7 Å². The summed E-state index contributed by atoms with van der Waals surface area (Å²) < 4.78 is 0. The summed E-state index contributed by atoms with van der Waals surface area (Å²) >= 11 is 13.3. The lowest BCUT2D eigenvalue weighted by atomic mass is 9.53. The van der Waals surface area contributed by atoms with Crippen molar-refractivity contribution in [3.8, 4) is 0 Å². The number of hydrogen-bond acceptors (Lipinski definition) is 6. The Kier molecular flexibility index (Phi) is 9.89. The van der Waals surface area contributed by atoms with E-state index in [1.807, 2.05) is 78.9 Å². The van der Waals surface area contributed by atoms with Gasteiger partial charge in [0.05, 0.1) is 24.3 Å². The van der Waals surface area contributed by atoms with Gasteiger partial charge in [-0.3, -0.25) is 14.5 Å². The Morgan fingerprint density at radius 1 is 0.889 bits per heavy atom. The van der Waals surface area contributed by atoms with Gasteiger partial charge in [0.2, 0.25) is 11.8 Å². The van der Waals surface area contributed by atoms with Crippen molar-refractivity contribution in [2.45, 2.75) is 112 Å². The van der Waals surface area contributed by atoms with Crippen LogP contribution in [0.3, 0.4) is 0 Å². The van der Waals surface area contributed by atoms with Crippen LogP contribution in [0.4, 0.5) is 5.69 Å². The summed E-state index contributed by atoms with van der Waals surface area (Å²) in [6.45, 7) is 4.53. The maximum absolute atomic E-state index is 15.6. The number of aromatic nitrogens is 1. The molecule has 2 aliphatic carbocycles. The lowest BCUT2D eigenvalue weighted by Gasteiger charge is -2.56. The summed E-state index contributed by atoms with van der Waals surface area (Å²) in [6.07, 6.45) is 5.45. The quantitative estimate of drug-likeness (QED) is 0.141. The van der Waals surface area contributed by atoms with Gasteiger partial charge in [0.15, 0.2) is 0 Å². The Morgan fingerprint density at radius 2 is 1.54 bits per heavy atom. The van der Waals surface area contributed by atoms with E-state index in [4.69, 9.17) is 23.2 Å². The highest BCUT2D eigenvalue weighted by molar-refractivity contribution is 6.31. The molecule has 2 amide bonds. The maximum Gasteiger partial charge on any atom is 0.238 e. The number of carbonyl (C=O) groups is 2. The zero-order valence-corrected chi connectivity index (χ0v) is 32.2. The highest BCUT2D eigenvalue weighted by Crippen LogP contribution is 2.69. The van der Waals surface area contributed by atoms with Gasteiger partial charge >= 0.3 is 0 Å². The second-order valence-corrected chi connectivity index (χ2v) is 17.4. The fourth-order valence-corrected chi connectivity index (χ4v) is 10.8. The normalized spacial score (nSPS) is 28.4. The molecule has 282 valence electrons. The van der Waals surface area contributed by atoms with E-state index in [1.54, 1.807) is 18.3 Å². The minimum atomic E-state index is -1.30. The number of pyridine rings is 1. The van der Waals surface area contributed by atoms with Gasteiger partial charge in [0.25, 0.3) is 0 Å². The molecule has 3 fully saturated rings. The molecule has 2 saturated carbocycles. The molecular weight excluding hydrogens is 719 g/mol. The van der Waals surface area contributed by atoms with Crippen LogP contribution in [0.5, 0.6) is 0 Å². The van der Waals surface area contributed by atoms with Crippen LogP contribution < -0.4 is 10.6 Å². The SMILES string of the molecule is CC1(C)CCC2(CC1)N([C@H](c1ccccc1)[C@@H](O)c1ccccc1)[C@@H](C(=O)N[C@H]1CC[C@H](O)CC1)[C@H](c1ccnc(Cl)c1)C21C(=O)Nc2cc(Cl)ccc21. The molecule has 54 heavy (non-hydrogen) atoms. The van der Waals surface area contributed by atoms with E-state index in [0.717, 1.165) is 29.5 Å². The molecule has 3 heterocycles. The number of nitrogens with zero attached hydrogens (tertiary/aromatic N) is 2. The predicted molar refractivity (Wildman–Crippen MR) is 211 cm³/mol. The van der Waals surface area contributed by atoms with E-state index in [9.17, 15) is 10.2 Å². The van der Waals surface area contributed by atoms with E-state index < -0.39 is 35.1 Å². The Balaban J connectivity index is 1.45. The first-order valence-corrected chi connectivity index (χ1v) is 20.0. The third-order valence-electron chi connectivity index (χ3n) is 13.1. The summed E-state index contributed by atoms with van der Waals surface area (Å²) in [4.78, 5) is 37.8. The van der Waals surface area contributed by atoms with E-state index in [-0.39, 0.29) is 34.5 Å². The maximum atomic E-state index is 15.6. The van der Waals surface area contributed by atoms with Gasteiger partial charge in [0, 0.05) is 34.4 Å². The zero-order valence-electron chi connectivity index (χ0n) is 30.7. The van der Waals surface area contributed by atoms with E-state index in [1.165, 1.54) is 0 Å². The number of likely N-dealkylation sites (tertiary alicyclic amines) is 1. The van der Waals surface area contributed by atoms with Crippen LogP contribution in [0.1, 0.15) is 106 Å². The van der Waals surface area contributed by atoms with Crippen LogP contribution in [0.15, 0.2) is 97.2 Å². The second-order valence-electron chi connectivity index (χ2n) is 16.6.